The quantitative estimate of drug-likeness (QED) is 0.335. The van der Waals surface area contributed by atoms with Crippen LogP contribution in [-0.4, -0.2) is 54.4 Å². The predicted octanol–water partition coefficient (Wildman–Crippen LogP) is 2.05. The van der Waals surface area contributed by atoms with Gasteiger partial charge in [0.2, 0.25) is 11.8 Å². The van der Waals surface area contributed by atoms with Crippen LogP contribution in [0.15, 0.2) is 30.4 Å². The van der Waals surface area contributed by atoms with Crippen LogP contribution in [0.1, 0.15) is 13.3 Å². The summed E-state index contributed by atoms with van der Waals surface area (Å²) in [5.41, 5.74) is 0.818. The minimum absolute atomic E-state index is 0.0498. The maximum absolute atomic E-state index is 13.0. The van der Waals surface area contributed by atoms with Gasteiger partial charge >= 0.3 is 0 Å². The van der Waals surface area contributed by atoms with Crippen LogP contribution in [-0.2, 0) is 9.59 Å². The summed E-state index contributed by atoms with van der Waals surface area (Å²) in [6, 6.07) is 4.77. The Hall–Kier alpha value is -2.74. The average molecular weight is 396 g/mol. The van der Waals surface area contributed by atoms with E-state index in [4.69, 9.17) is 0 Å². The number of carbonyl (C=O) groups excluding carboxylic acids is 2. The SMILES string of the molecule is CCN1CCN(c2ccc(N3C(=O)[C@@H]4[C@@H](C3=O)[C@H]3C=C[C@H]4C3)cc2[N+](=O)[O-])CC1. The Morgan fingerprint density at radius 3 is 2.21 bits per heavy atom. The summed E-state index contributed by atoms with van der Waals surface area (Å²) in [5.74, 6) is -0.797. The molecule has 0 aromatic heterocycles. The Labute approximate surface area is 168 Å². The number of benzene rings is 1. The number of imide groups is 1. The van der Waals surface area contributed by atoms with Gasteiger partial charge < -0.3 is 9.80 Å². The van der Waals surface area contributed by atoms with E-state index in [0.717, 1.165) is 39.1 Å². The van der Waals surface area contributed by atoms with Gasteiger partial charge in [0.05, 0.1) is 22.4 Å². The first-order valence-corrected chi connectivity index (χ1v) is 10.3. The molecule has 2 heterocycles. The first-order valence-electron chi connectivity index (χ1n) is 10.3. The van der Waals surface area contributed by atoms with Crippen LogP contribution in [0.2, 0.25) is 0 Å². The number of piperazine rings is 1. The number of nitro groups is 1. The maximum Gasteiger partial charge on any atom is 0.294 e. The zero-order valence-corrected chi connectivity index (χ0v) is 16.4. The molecule has 2 saturated heterocycles. The van der Waals surface area contributed by atoms with Gasteiger partial charge in [-0.15, -0.1) is 0 Å². The van der Waals surface area contributed by atoms with Crippen LogP contribution in [0.3, 0.4) is 0 Å². The number of allylic oxidation sites excluding steroid dienone is 2. The molecule has 5 rings (SSSR count). The van der Waals surface area contributed by atoms with E-state index in [0.29, 0.717) is 11.4 Å². The number of hydrogen-bond donors (Lipinski definition) is 0. The Morgan fingerprint density at radius 1 is 1.03 bits per heavy atom. The second kappa shape index (κ2) is 6.66. The van der Waals surface area contributed by atoms with Crippen molar-refractivity contribution in [3.63, 3.8) is 0 Å². The molecule has 3 fully saturated rings. The number of rotatable bonds is 4. The molecule has 2 bridgehead atoms. The third kappa shape index (κ3) is 2.69. The van der Waals surface area contributed by atoms with Crippen molar-refractivity contribution in [2.45, 2.75) is 13.3 Å². The first-order chi connectivity index (χ1) is 14.0. The molecule has 2 aliphatic carbocycles. The molecule has 0 spiro atoms. The highest BCUT2D eigenvalue weighted by atomic mass is 16.6. The molecule has 1 aromatic carbocycles. The molecular formula is C21H24N4O4. The van der Waals surface area contributed by atoms with E-state index in [-0.39, 0.29) is 41.2 Å². The number of carbonyl (C=O) groups is 2. The standard InChI is InChI=1S/C21H24N4O4/c1-2-22-7-9-23(10-8-22)16-6-5-15(12-17(16)25(28)29)24-20(26)18-13-3-4-14(11-13)19(18)21(24)27/h3-6,12-14,18-19H,2,7-11H2,1H3/t13-,14-,18-,19-/m0/s1. The maximum atomic E-state index is 13.0. The van der Waals surface area contributed by atoms with E-state index in [9.17, 15) is 19.7 Å². The minimum Gasteiger partial charge on any atom is -0.363 e. The lowest BCUT2D eigenvalue weighted by Crippen LogP contribution is -2.46. The topological polar surface area (TPSA) is 87.0 Å². The Morgan fingerprint density at radius 2 is 1.66 bits per heavy atom. The van der Waals surface area contributed by atoms with Gasteiger partial charge in [-0.05, 0) is 36.9 Å². The number of nitro benzene ring substituents is 1. The molecule has 8 heteroatoms. The van der Waals surface area contributed by atoms with Gasteiger partial charge in [-0.25, -0.2) is 4.90 Å². The van der Waals surface area contributed by atoms with Crippen molar-refractivity contribution in [3.8, 4) is 0 Å². The molecule has 152 valence electrons. The van der Waals surface area contributed by atoms with E-state index in [1.165, 1.54) is 11.0 Å². The fourth-order valence-corrected chi connectivity index (χ4v) is 5.53. The summed E-state index contributed by atoms with van der Waals surface area (Å²) in [6.45, 7) is 6.22. The molecule has 0 radical (unpaired) electrons. The van der Waals surface area contributed by atoms with Crippen molar-refractivity contribution in [1.82, 2.24) is 4.90 Å². The third-order valence-corrected chi connectivity index (χ3v) is 7.04. The second-order valence-electron chi connectivity index (χ2n) is 8.36. The van der Waals surface area contributed by atoms with E-state index in [1.54, 1.807) is 12.1 Å². The number of anilines is 2. The third-order valence-electron chi connectivity index (χ3n) is 7.04. The highest BCUT2D eigenvalue weighted by Gasteiger charge is 2.59. The van der Waals surface area contributed by atoms with Crippen molar-refractivity contribution in [1.29, 1.82) is 0 Å². The minimum atomic E-state index is -0.415. The molecule has 4 aliphatic rings. The first kappa shape index (κ1) is 18.3. The number of fused-ring (bicyclic) bond motifs is 5. The molecule has 29 heavy (non-hydrogen) atoms. The zero-order valence-electron chi connectivity index (χ0n) is 16.4. The molecular weight excluding hydrogens is 372 g/mol. The van der Waals surface area contributed by atoms with Crippen LogP contribution in [0, 0.1) is 33.8 Å². The van der Waals surface area contributed by atoms with E-state index >= 15 is 0 Å². The second-order valence-corrected chi connectivity index (χ2v) is 8.36. The van der Waals surface area contributed by atoms with Gasteiger partial charge in [0, 0.05) is 32.2 Å². The summed E-state index contributed by atoms with van der Waals surface area (Å²) in [5, 5.41) is 11.8. The summed E-state index contributed by atoms with van der Waals surface area (Å²) in [4.78, 5) is 42.9. The fourth-order valence-electron chi connectivity index (χ4n) is 5.53. The lowest BCUT2D eigenvalue weighted by atomic mass is 9.85. The van der Waals surface area contributed by atoms with Crippen LogP contribution in [0.5, 0.6) is 0 Å². The van der Waals surface area contributed by atoms with Crippen molar-refractivity contribution in [3.05, 3.63) is 40.5 Å². The van der Waals surface area contributed by atoms with Gasteiger partial charge in [0.25, 0.3) is 5.69 Å². The molecule has 0 unspecified atom stereocenters. The van der Waals surface area contributed by atoms with Crippen molar-refractivity contribution in [2.24, 2.45) is 23.7 Å². The smallest absolute Gasteiger partial charge is 0.294 e. The summed E-state index contributed by atoms with van der Waals surface area (Å²) in [6.07, 6.45) is 4.95. The predicted molar refractivity (Wildman–Crippen MR) is 108 cm³/mol. The molecule has 1 aromatic rings. The lowest BCUT2D eigenvalue weighted by molar-refractivity contribution is -0.384. The van der Waals surface area contributed by atoms with Gasteiger partial charge in [0.15, 0.2) is 0 Å². The van der Waals surface area contributed by atoms with Crippen LogP contribution < -0.4 is 9.80 Å². The van der Waals surface area contributed by atoms with E-state index in [1.807, 2.05) is 17.1 Å². The summed E-state index contributed by atoms with van der Waals surface area (Å²) >= 11 is 0. The Balaban J connectivity index is 1.45. The number of nitrogens with zero attached hydrogens (tertiary/aromatic N) is 4. The van der Waals surface area contributed by atoms with E-state index < -0.39 is 4.92 Å². The molecule has 8 nitrogen and oxygen atoms in total. The number of likely N-dealkylation sites (N-methyl/N-ethyl adjacent to an activating group) is 1. The molecule has 4 atom stereocenters. The van der Waals surface area contributed by atoms with Crippen molar-refractivity contribution < 1.29 is 14.5 Å². The van der Waals surface area contributed by atoms with Crippen LogP contribution in [0.25, 0.3) is 0 Å². The van der Waals surface area contributed by atoms with Crippen LogP contribution >= 0.6 is 0 Å². The van der Waals surface area contributed by atoms with E-state index in [2.05, 4.69) is 11.8 Å². The fraction of sp³-hybridized carbons (Fsp3) is 0.524. The monoisotopic (exact) mass is 396 g/mol. The molecule has 0 N–H and O–H groups in total. The highest BCUT2D eigenvalue weighted by molar-refractivity contribution is 6.23. The van der Waals surface area contributed by atoms with Gasteiger partial charge in [-0.1, -0.05) is 19.1 Å². The van der Waals surface area contributed by atoms with Crippen molar-refractivity contribution >= 4 is 28.9 Å². The Kier molecular flexibility index (Phi) is 4.20. The van der Waals surface area contributed by atoms with Crippen LogP contribution in [0.4, 0.5) is 17.1 Å². The summed E-state index contributed by atoms with van der Waals surface area (Å²) < 4.78 is 0. The largest absolute Gasteiger partial charge is 0.363 e. The van der Waals surface area contributed by atoms with Crippen molar-refractivity contribution in [2.75, 3.05) is 42.5 Å². The number of hydrogen-bond acceptors (Lipinski definition) is 6. The van der Waals surface area contributed by atoms with Gasteiger partial charge in [-0.2, -0.15) is 0 Å². The highest BCUT2D eigenvalue weighted by Crippen LogP contribution is 2.53. The zero-order chi connectivity index (χ0) is 20.3. The summed E-state index contributed by atoms with van der Waals surface area (Å²) in [7, 11) is 0. The lowest BCUT2D eigenvalue weighted by Gasteiger charge is -2.35. The molecule has 1 saturated carbocycles. The average Bonchev–Trinajstić information content (AvgIpc) is 3.41. The normalized spacial score (nSPS) is 31.1. The van der Waals surface area contributed by atoms with Gasteiger partial charge in [0.1, 0.15) is 5.69 Å². The van der Waals surface area contributed by atoms with Gasteiger partial charge in [-0.3, -0.25) is 19.7 Å². The molecule has 2 aliphatic heterocycles. The molecule has 2 amide bonds. The number of amides is 2. The Bertz CT molecular complexity index is 891.